The van der Waals surface area contributed by atoms with Crippen LogP contribution in [0, 0.1) is 11.7 Å². The van der Waals surface area contributed by atoms with Crippen molar-refractivity contribution in [1.29, 1.82) is 0 Å². The summed E-state index contributed by atoms with van der Waals surface area (Å²) < 4.78 is 41.5. The van der Waals surface area contributed by atoms with Gasteiger partial charge in [0, 0.05) is 30.5 Å². The zero-order valence-electron chi connectivity index (χ0n) is 24.3. The highest BCUT2D eigenvalue weighted by Gasteiger charge is 2.71. The van der Waals surface area contributed by atoms with E-state index in [-0.39, 0.29) is 30.2 Å². The van der Waals surface area contributed by atoms with Crippen LogP contribution in [-0.4, -0.2) is 56.8 Å². The smallest absolute Gasteiger partial charge is 0.322 e. The number of nitrogens with one attached hydrogen (secondary N) is 1. The molecule has 0 saturated carbocycles. The normalized spacial score (nSPS) is 21.7. The molecule has 2 aliphatic rings. The lowest BCUT2D eigenvalue weighted by Crippen LogP contribution is -2.72. The molecule has 4 heterocycles. The van der Waals surface area contributed by atoms with Gasteiger partial charge in [0.1, 0.15) is 10.6 Å². The second-order valence-corrected chi connectivity index (χ2v) is 14.4. The summed E-state index contributed by atoms with van der Waals surface area (Å²) in [5.74, 6) is -2.29. The summed E-state index contributed by atoms with van der Waals surface area (Å²) in [5.41, 5.74) is 10.0. The monoisotopic (exact) mass is 658 g/mol. The van der Waals surface area contributed by atoms with E-state index in [0.29, 0.717) is 33.9 Å². The van der Waals surface area contributed by atoms with Gasteiger partial charge in [0.15, 0.2) is 9.84 Å². The molecule has 234 valence electrons. The lowest BCUT2D eigenvalue weighted by atomic mass is 9.74. The van der Waals surface area contributed by atoms with Crippen molar-refractivity contribution >= 4 is 50.1 Å². The van der Waals surface area contributed by atoms with E-state index >= 15 is 0 Å². The average Bonchev–Trinajstić information content (AvgIpc) is 3.55. The first-order chi connectivity index (χ1) is 22.1. The van der Waals surface area contributed by atoms with Crippen LogP contribution in [0.4, 0.5) is 14.9 Å². The summed E-state index contributed by atoms with van der Waals surface area (Å²) in [7, 11) is -3.86. The molecular formula is C33H28ClFN6O4S. The number of urea groups is 1. The van der Waals surface area contributed by atoms with E-state index in [1.807, 2.05) is 34.9 Å². The summed E-state index contributed by atoms with van der Waals surface area (Å²) in [5, 5.41) is 3.11. The number of primary amides is 1. The number of halogens is 2. The maximum Gasteiger partial charge on any atom is 0.322 e. The van der Waals surface area contributed by atoms with Gasteiger partial charge in [0.05, 0.1) is 45.8 Å². The number of aromatic nitrogens is 3. The number of likely N-dealkylation sites (tertiary alicyclic amines) is 1. The molecule has 2 aliphatic heterocycles. The highest BCUT2D eigenvalue weighted by Crippen LogP contribution is 2.56. The molecule has 10 nitrogen and oxygen atoms in total. The standard InChI is InChI=1S/C33H28ClFN6O4S/c34-26-16-37-28(15-24(26)21-9-10-27-29(14-21)40(19-38-27)17-20-5-4-6-22(35)13-20)30-33(25(31(36)42)11-12-46(33,44)45)18-41(30)32(43)39-23-7-2-1-3-8-23/h1-10,13-16,19,25,30H,11-12,17-18H2,(H2,36,42)(H,39,43). The third-order valence-electron chi connectivity index (χ3n) is 9.00. The number of amides is 3. The van der Waals surface area contributed by atoms with Gasteiger partial charge in [-0.1, -0.05) is 48.0 Å². The fraction of sp³-hybridized carbons (Fsp3) is 0.212. The number of nitrogens with two attached hydrogens (primary N) is 1. The predicted molar refractivity (Wildman–Crippen MR) is 172 cm³/mol. The summed E-state index contributed by atoms with van der Waals surface area (Å²) >= 11 is 6.69. The highest BCUT2D eigenvalue weighted by molar-refractivity contribution is 7.93. The van der Waals surface area contributed by atoms with Crippen molar-refractivity contribution in [2.24, 2.45) is 11.7 Å². The zero-order valence-corrected chi connectivity index (χ0v) is 25.9. The number of carbonyl (C=O) groups is 2. The predicted octanol–water partition coefficient (Wildman–Crippen LogP) is 5.19. The van der Waals surface area contributed by atoms with Crippen molar-refractivity contribution in [3.05, 3.63) is 113 Å². The molecule has 3 unspecified atom stereocenters. The van der Waals surface area contributed by atoms with E-state index in [9.17, 15) is 22.4 Å². The SMILES string of the molecule is NC(=O)C1CCS(=O)(=O)C12CN(C(=O)Nc1ccccc1)C2c1cc(-c2ccc3ncn(Cc4cccc(F)c4)c3c2)c(Cl)cn1. The van der Waals surface area contributed by atoms with Gasteiger partial charge in [-0.2, -0.15) is 0 Å². The molecule has 2 saturated heterocycles. The number of hydrogen-bond donors (Lipinski definition) is 2. The van der Waals surface area contributed by atoms with Crippen LogP contribution in [0.5, 0.6) is 0 Å². The number of anilines is 1. The van der Waals surface area contributed by atoms with Crippen LogP contribution >= 0.6 is 11.6 Å². The van der Waals surface area contributed by atoms with E-state index in [1.54, 1.807) is 42.7 Å². The number of para-hydroxylation sites is 1. The van der Waals surface area contributed by atoms with Crippen molar-refractivity contribution in [1.82, 2.24) is 19.4 Å². The molecule has 3 atom stereocenters. The molecule has 5 aromatic rings. The molecular weight excluding hydrogens is 631 g/mol. The summed E-state index contributed by atoms with van der Waals surface area (Å²) in [6.45, 7) is 0.173. The number of carbonyl (C=O) groups excluding carboxylic acids is 2. The summed E-state index contributed by atoms with van der Waals surface area (Å²) in [6.07, 6.45) is 3.16. The Morgan fingerprint density at radius 3 is 2.61 bits per heavy atom. The number of imidazole rings is 1. The number of benzene rings is 3. The number of hydrogen-bond acceptors (Lipinski definition) is 6. The first kappa shape index (κ1) is 29.9. The minimum absolute atomic E-state index is 0.0642. The number of fused-ring (bicyclic) bond motifs is 1. The van der Waals surface area contributed by atoms with E-state index in [1.165, 1.54) is 23.2 Å². The highest BCUT2D eigenvalue weighted by atomic mass is 35.5. The third kappa shape index (κ3) is 4.88. The van der Waals surface area contributed by atoms with Gasteiger partial charge in [0.25, 0.3) is 0 Å². The van der Waals surface area contributed by atoms with Crippen LogP contribution in [0.15, 0.2) is 91.4 Å². The fourth-order valence-corrected chi connectivity index (χ4v) is 9.53. The van der Waals surface area contributed by atoms with Crippen molar-refractivity contribution in [3.63, 3.8) is 0 Å². The van der Waals surface area contributed by atoms with Crippen LogP contribution in [0.2, 0.25) is 5.02 Å². The number of sulfone groups is 1. The third-order valence-corrected chi connectivity index (χ3v) is 11.9. The van der Waals surface area contributed by atoms with E-state index in [4.69, 9.17) is 17.3 Å². The lowest BCUT2D eigenvalue weighted by molar-refractivity contribution is -0.125. The van der Waals surface area contributed by atoms with Gasteiger partial charge in [0.2, 0.25) is 5.91 Å². The largest absolute Gasteiger partial charge is 0.369 e. The molecule has 2 aromatic heterocycles. The number of rotatable bonds is 6. The maximum absolute atomic E-state index is 13.9. The molecule has 3 aromatic carbocycles. The van der Waals surface area contributed by atoms with E-state index in [2.05, 4.69) is 15.3 Å². The Morgan fingerprint density at radius 2 is 1.85 bits per heavy atom. The van der Waals surface area contributed by atoms with Crippen LogP contribution in [-0.2, 0) is 21.2 Å². The van der Waals surface area contributed by atoms with Crippen molar-refractivity contribution in [2.45, 2.75) is 23.8 Å². The topological polar surface area (TPSA) is 140 Å². The quantitative estimate of drug-likeness (QED) is 0.257. The van der Waals surface area contributed by atoms with Crippen molar-refractivity contribution in [2.75, 3.05) is 17.6 Å². The Hall–Kier alpha value is -4.81. The van der Waals surface area contributed by atoms with Crippen molar-refractivity contribution in [3.8, 4) is 11.1 Å². The lowest BCUT2D eigenvalue weighted by Gasteiger charge is -2.55. The molecule has 1 spiro atoms. The first-order valence-electron chi connectivity index (χ1n) is 14.6. The molecule has 0 aliphatic carbocycles. The van der Waals surface area contributed by atoms with Gasteiger partial charge in [-0.3, -0.25) is 9.78 Å². The fourth-order valence-electron chi connectivity index (χ4n) is 6.80. The molecule has 7 rings (SSSR count). The molecule has 3 amide bonds. The minimum atomic E-state index is -3.86. The number of nitrogens with zero attached hydrogens (tertiary/aromatic N) is 4. The summed E-state index contributed by atoms with van der Waals surface area (Å²) in [4.78, 5) is 36.6. The molecule has 46 heavy (non-hydrogen) atoms. The second kappa shape index (κ2) is 11.2. The van der Waals surface area contributed by atoms with Crippen LogP contribution < -0.4 is 11.1 Å². The first-order valence-corrected chi connectivity index (χ1v) is 16.6. The Balaban J connectivity index is 1.30. The Labute approximate surface area is 268 Å². The van der Waals surface area contributed by atoms with Crippen molar-refractivity contribution < 1.29 is 22.4 Å². The van der Waals surface area contributed by atoms with E-state index in [0.717, 1.165) is 11.1 Å². The van der Waals surface area contributed by atoms with Gasteiger partial charge >= 0.3 is 6.03 Å². The van der Waals surface area contributed by atoms with Gasteiger partial charge in [-0.25, -0.2) is 22.6 Å². The Bertz CT molecular complexity index is 2130. The maximum atomic E-state index is 13.9. The number of pyridine rings is 1. The minimum Gasteiger partial charge on any atom is -0.369 e. The van der Waals surface area contributed by atoms with E-state index < -0.39 is 38.5 Å². The molecule has 3 N–H and O–H groups in total. The Kier molecular flexibility index (Phi) is 7.28. The van der Waals surface area contributed by atoms with Crippen LogP contribution in [0.1, 0.15) is 23.7 Å². The molecule has 0 radical (unpaired) electrons. The Morgan fingerprint density at radius 1 is 1.04 bits per heavy atom. The summed E-state index contributed by atoms with van der Waals surface area (Å²) in [6, 6.07) is 20.7. The molecule has 2 fully saturated rings. The average molecular weight is 659 g/mol. The van der Waals surface area contributed by atoms with Crippen LogP contribution in [0.25, 0.3) is 22.2 Å². The molecule has 13 heteroatoms. The molecule has 0 bridgehead atoms. The van der Waals surface area contributed by atoms with Gasteiger partial charge in [-0.15, -0.1) is 0 Å². The van der Waals surface area contributed by atoms with Crippen LogP contribution in [0.3, 0.4) is 0 Å². The van der Waals surface area contributed by atoms with Gasteiger partial charge < -0.3 is 20.5 Å². The second-order valence-electron chi connectivity index (χ2n) is 11.6. The van der Waals surface area contributed by atoms with Gasteiger partial charge in [-0.05, 0) is 60.0 Å². The zero-order chi connectivity index (χ0) is 32.2.